The van der Waals surface area contributed by atoms with Crippen LogP contribution in [0.3, 0.4) is 0 Å². The van der Waals surface area contributed by atoms with Crippen molar-refractivity contribution in [2.24, 2.45) is 0 Å². The topological polar surface area (TPSA) is 71.3 Å². The fourth-order valence-electron chi connectivity index (χ4n) is 2.67. The van der Waals surface area contributed by atoms with Crippen molar-refractivity contribution in [3.8, 4) is 17.6 Å². The van der Waals surface area contributed by atoms with Crippen molar-refractivity contribution in [2.75, 3.05) is 12.4 Å². The minimum atomic E-state index is -0.519. The molecule has 5 nitrogen and oxygen atoms in total. The van der Waals surface area contributed by atoms with Gasteiger partial charge in [-0.3, -0.25) is 4.79 Å². The lowest BCUT2D eigenvalue weighted by Gasteiger charge is -2.08. The van der Waals surface area contributed by atoms with E-state index in [0.717, 1.165) is 5.56 Å². The van der Waals surface area contributed by atoms with Gasteiger partial charge >= 0.3 is 0 Å². The molecule has 0 aliphatic rings. The lowest BCUT2D eigenvalue weighted by molar-refractivity contribution is -0.112. The summed E-state index contributed by atoms with van der Waals surface area (Å²) in [4.78, 5) is 12.5. The number of methoxy groups -OCH3 is 1. The minimum absolute atomic E-state index is 0.0521. The van der Waals surface area contributed by atoms with Gasteiger partial charge in [0, 0.05) is 10.7 Å². The van der Waals surface area contributed by atoms with Gasteiger partial charge in [-0.1, -0.05) is 41.9 Å². The van der Waals surface area contributed by atoms with Crippen LogP contribution in [0, 0.1) is 11.3 Å². The van der Waals surface area contributed by atoms with Crippen molar-refractivity contribution < 1.29 is 14.3 Å². The summed E-state index contributed by atoms with van der Waals surface area (Å²) < 4.78 is 10.9. The molecule has 3 rings (SSSR count). The van der Waals surface area contributed by atoms with E-state index in [1.807, 2.05) is 36.4 Å². The summed E-state index contributed by atoms with van der Waals surface area (Å²) in [5.74, 6) is 0.700. The standard InChI is InChI=1S/C24H19ClN2O3/c1-29-23-13-18(12-20(25)14-23)11-19(15-26)24(28)27-21-7-9-22(10-8-21)30-16-17-5-3-2-4-6-17/h2-14H,16H2,1H3,(H,27,28)/b19-11+. The number of carbonyl (C=O) groups excluding carboxylic acids is 1. The summed E-state index contributed by atoms with van der Waals surface area (Å²) in [5, 5.41) is 12.5. The average molecular weight is 419 g/mol. The number of carbonyl (C=O) groups is 1. The normalized spacial score (nSPS) is 10.8. The number of nitrogens with zero attached hydrogens (tertiary/aromatic N) is 1. The Morgan fingerprint density at radius 1 is 1.07 bits per heavy atom. The van der Waals surface area contributed by atoms with Crippen LogP contribution in [0.25, 0.3) is 6.08 Å². The Labute approximate surface area is 180 Å². The second-order valence-corrected chi connectivity index (χ2v) is 6.78. The molecule has 0 aliphatic carbocycles. The molecule has 3 aromatic rings. The summed E-state index contributed by atoms with van der Waals surface area (Å²) in [6, 6.07) is 23.7. The Morgan fingerprint density at radius 3 is 2.47 bits per heavy atom. The maximum atomic E-state index is 12.5. The Bertz CT molecular complexity index is 1090. The fraction of sp³-hybridized carbons (Fsp3) is 0.0833. The molecule has 0 atom stereocenters. The lowest BCUT2D eigenvalue weighted by atomic mass is 10.1. The van der Waals surface area contributed by atoms with E-state index in [0.29, 0.717) is 34.4 Å². The van der Waals surface area contributed by atoms with Crippen LogP contribution in [-0.4, -0.2) is 13.0 Å². The van der Waals surface area contributed by atoms with Crippen molar-refractivity contribution in [1.29, 1.82) is 5.26 Å². The SMILES string of the molecule is COc1cc(Cl)cc(/C=C(\C#N)C(=O)Nc2ccc(OCc3ccccc3)cc2)c1. The lowest BCUT2D eigenvalue weighted by Crippen LogP contribution is -2.13. The van der Waals surface area contributed by atoms with Crippen LogP contribution in [0.1, 0.15) is 11.1 Å². The second kappa shape index (κ2) is 10.1. The largest absolute Gasteiger partial charge is 0.497 e. The van der Waals surface area contributed by atoms with Gasteiger partial charge < -0.3 is 14.8 Å². The van der Waals surface area contributed by atoms with E-state index >= 15 is 0 Å². The first kappa shape index (κ1) is 21.0. The molecule has 0 unspecified atom stereocenters. The predicted molar refractivity (Wildman–Crippen MR) is 117 cm³/mol. The molecule has 0 saturated heterocycles. The van der Waals surface area contributed by atoms with Crippen molar-refractivity contribution in [2.45, 2.75) is 6.61 Å². The number of hydrogen-bond acceptors (Lipinski definition) is 4. The van der Waals surface area contributed by atoms with E-state index in [4.69, 9.17) is 21.1 Å². The van der Waals surface area contributed by atoms with Gasteiger partial charge in [0.05, 0.1) is 7.11 Å². The highest BCUT2D eigenvalue weighted by atomic mass is 35.5. The van der Waals surface area contributed by atoms with Crippen LogP contribution >= 0.6 is 11.6 Å². The minimum Gasteiger partial charge on any atom is -0.497 e. The average Bonchev–Trinajstić information content (AvgIpc) is 2.77. The Morgan fingerprint density at radius 2 is 1.80 bits per heavy atom. The van der Waals surface area contributed by atoms with E-state index < -0.39 is 5.91 Å². The van der Waals surface area contributed by atoms with Gasteiger partial charge in [0.1, 0.15) is 29.7 Å². The maximum absolute atomic E-state index is 12.5. The molecule has 0 aromatic heterocycles. The number of rotatable bonds is 7. The van der Waals surface area contributed by atoms with E-state index in [1.54, 1.807) is 42.5 Å². The van der Waals surface area contributed by atoms with E-state index in [9.17, 15) is 10.1 Å². The highest BCUT2D eigenvalue weighted by Gasteiger charge is 2.10. The third kappa shape index (κ3) is 5.87. The van der Waals surface area contributed by atoms with Gasteiger partial charge in [-0.2, -0.15) is 5.26 Å². The molecular weight excluding hydrogens is 400 g/mol. The highest BCUT2D eigenvalue weighted by Crippen LogP contribution is 2.23. The zero-order valence-electron chi connectivity index (χ0n) is 16.3. The molecule has 0 radical (unpaired) electrons. The molecule has 0 saturated carbocycles. The first-order valence-corrected chi connectivity index (χ1v) is 9.49. The van der Waals surface area contributed by atoms with E-state index in [1.165, 1.54) is 13.2 Å². The summed E-state index contributed by atoms with van der Waals surface area (Å²) in [6.45, 7) is 0.455. The number of amides is 1. The zero-order valence-corrected chi connectivity index (χ0v) is 17.0. The van der Waals surface area contributed by atoms with E-state index in [2.05, 4.69) is 5.32 Å². The molecule has 0 heterocycles. The summed E-state index contributed by atoms with van der Waals surface area (Å²) in [6.07, 6.45) is 1.46. The number of nitriles is 1. The van der Waals surface area contributed by atoms with Crippen LogP contribution in [0.4, 0.5) is 5.69 Å². The second-order valence-electron chi connectivity index (χ2n) is 6.35. The quantitative estimate of drug-likeness (QED) is 0.407. The molecule has 0 fully saturated rings. The highest BCUT2D eigenvalue weighted by molar-refractivity contribution is 6.30. The fourth-order valence-corrected chi connectivity index (χ4v) is 2.91. The number of halogens is 1. The Kier molecular flexibility index (Phi) is 7.09. The third-order valence-electron chi connectivity index (χ3n) is 4.17. The van der Waals surface area contributed by atoms with Crippen LogP contribution in [-0.2, 0) is 11.4 Å². The molecule has 30 heavy (non-hydrogen) atoms. The van der Waals surface area contributed by atoms with E-state index in [-0.39, 0.29) is 5.57 Å². The molecule has 150 valence electrons. The smallest absolute Gasteiger partial charge is 0.266 e. The molecule has 0 aliphatic heterocycles. The van der Waals surface area contributed by atoms with Gasteiger partial charge in [-0.15, -0.1) is 0 Å². The van der Waals surface area contributed by atoms with Crippen LogP contribution < -0.4 is 14.8 Å². The summed E-state index contributed by atoms with van der Waals surface area (Å²) in [7, 11) is 1.52. The summed E-state index contributed by atoms with van der Waals surface area (Å²) in [5.41, 5.74) is 2.16. The number of anilines is 1. The van der Waals surface area contributed by atoms with Crippen molar-refractivity contribution in [3.63, 3.8) is 0 Å². The monoisotopic (exact) mass is 418 g/mol. The molecule has 1 amide bonds. The van der Waals surface area contributed by atoms with Gasteiger partial charge in [0.2, 0.25) is 0 Å². The van der Waals surface area contributed by atoms with Crippen LogP contribution in [0.15, 0.2) is 78.4 Å². The van der Waals surface area contributed by atoms with Gasteiger partial charge in [-0.25, -0.2) is 0 Å². The van der Waals surface area contributed by atoms with Crippen LogP contribution in [0.2, 0.25) is 5.02 Å². The van der Waals surface area contributed by atoms with Gasteiger partial charge in [0.15, 0.2) is 0 Å². The molecule has 3 aromatic carbocycles. The zero-order chi connectivity index (χ0) is 21.3. The molecule has 6 heteroatoms. The number of ether oxygens (including phenoxy) is 2. The summed E-state index contributed by atoms with van der Waals surface area (Å²) >= 11 is 6.04. The third-order valence-corrected chi connectivity index (χ3v) is 4.38. The first-order chi connectivity index (χ1) is 14.6. The first-order valence-electron chi connectivity index (χ1n) is 9.12. The maximum Gasteiger partial charge on any atom is 0.266 e. The predicted octanol–water partition coefficient (Wildman–Crippen LogP) is 5.47. The molecular formula is C24H19ClN2O3. The number of benzene rings is 3. The molecule has 0 spiro atoms. The van der Waals surface area contributed by atoms with Crippen molar-refractivity contribution in [1.82, 2.24) is 0 Å². The Hall–Kier alpha value is -3.75. The molecule has 0 bridgehead atoms. The number of nitrogens with one attached hydrogen (secondary N) is 1. The van der Waals surface area contributed by atoms with Gasteiger partial charge in [-0.05, 0) is 59.7 Å². The van der Waals surface area contributed by atoms with Crippen LogP contribution in [0.5, 0.6) is 11.5 Å². The van der Waals surface area contributed by atoms with Crippen molar-refractivity contribution in [3.05, 3.63) is 94.5 Å². The van der Waals surface area contributed by atoms with Crippen molar-refractivity contribution >= 4 is 29.3 Å². The van der Waals surface area contributed by atoms with Gasteiger partial charge in [0.25, 0.3) is 5.91 Å². The molecule has 1 N–H and O–H groups in total. The Balaban J connectivity index is 1.65. The number of hydrogen-bond donors (Lipinski definition) is 1.